The van der Waals surface area contributed by atoms with E-state index in [1.54, 1.807) is 12.5 Å². The van der Waals surface area contributed by atoms with Crippen molar-refractivity contribution >= 4 is 10.0 Å². The molecule has 2 bridgehead atoms. The van der Waals surface area contributed by atoms with Gasteiger partial charge in [0.05, 0.1) is 6.33 Å². The molecule has 0 radical (unpaired) electrons. The number of nitrogens with zero attached hydrogens (tertiary/aromatic N) is 2. The van der Waals surface area contributed by atoms with E-state index in [0.717, 1.165) is 32.2 Å². The van der Waals surface area contributed by atoms with E-state index < -0.39 is 10.0 Å². The fourth-order valence-corrected chi connectivity index (χ4v) is 4.65. The number of imidazole rings is 1. The number of piperidine rings is 1. The van der Waals surface area contributed by atoms with Gasteiger partial charge in [0.15, 0.2) is 5.03 Å². The van der Waals surface area contributed by atoms with E-state index in [4.69, 9.17) is 0 Å². The molecule has 3 rings (SSSR count). The predicted molar refractivity (Wildman–Crippen MR) is 80.4 cm³/mol. The molecule has 21 heavy (non-hydrogen) atoms. The van der Waals surface area contributed by atoms with E-state index >= 15 is 0 Å². The van der Waals surface area contributed by atoms with Gasteiger partial charge in [-0.3, -0.25) is 0 Å². The van der Waals surface area contributed by atoms with Gasteiger partial charge in [0, 0.05) is 30.9 Å². The molecular weight excluding hydrogens is 288 g/mol. The van der Waals surface area contributed by atoms with Crippen LogP contribution in [0.1, 0.15) is 39.5 Å². The van der Waals surface area contributed by atoms with Gasteiger partial charge in [0.2, 0.25) is 0 Å². The zero-order chi connectivity index (χ0) is 15.0. The Kier molecular flexibility index (Phi) is 4.07. The van der Waals surface area contributed by atoms with E-state index in [-0.39, 0.29) is 11.1 Å². The summed E-state index contributed by atoms with van der Waals surface area (Å²) in [5.41, 5.74) is 0. The van der Waals surface area contributed by atoms with Crippen molar-refractivity contribution in [2.45, 2.75) is 69.2 Å². The Morgan fingerprint density at radius 1 is 1.38 bits per heavy atom. The lowest BCUT2D eigenvalue weighted by molar-refractivity contribution is 0.345. The quantitative estimate of drug-likeness (QED) is 0.854. The number of hydrogen-bond donors (Lipinski definition) is 2. The molecule has 3 heterocycles. The van der Waals surface area contributed by atoms with Crippen LogP contribution in [0.3, 0.4) is 0 Å². The first-order valence-corrected chi connectivity index (χ1v) is 9.21. The molecule has 7 heteroatoms. The summed E-state index contributed by atoms with van der Waals surface area (Å²) in [5.74, 6) is 0.461. The molecule has 2 aliphatic rings. The molecule has 0 amide bonds. The van der Waals surface area contributed by atoms with Gasteiger partial charge in [0.1, 0.15) is 0 Å². The van der Waals surface area contributed by atoms with Crippen molar-refractivity contribution in [3.8, 4) is 0 Å². The van der Waals surface area contributed by atoms with Gasteiger partial charge in [-0.05, 0) is 31.6 Å². The van der Waals surface area contributed by atoms with Crippen LogP contribution in [0.2, 0.25) is 0 Å². The lowest BCUT2D eigenvalue weighted by atomic mass is 10.0. The minimum atomic E-state index is -3.50. The Labute approximate surface area is 126 Å². The number of hydrogen-bond acceptors (Lipinski definition) is 4. The van der Waals surface area contributed by atoms with Crippen LogP contribution in [-0.4, -0.2) is 36.1 Å². The number of sulfonamides is 1. The molecule has 2 N–H and O–H groups in total. The van der Waals surface area contributed by atoms with Crippen molar-refractivity contribution in [2.24, 2.45) is 5.92 Å². The molecule has 0 aromatic carbocycles. The Morgan fingerprint density at radius 2 is 2.05 bits per heavy atom. The Hall–Kier alpha value is -0.920. The maximum absolute atomic E-state index is 12.4. The van der Waals surface area contributed by atoms with E-state index in [1.165, 1.54) is 0 Å². The monoisotopic (exact) mass is 312 g/mol. The molecule has 0 aliphatic carbocycles. The highest BCUT2D eigenvalue weighted by Crippen LogP contribution is 2.27. The first-order valence-electron chi connectivity index (χ1n) is 7.72. The number of fused-ring (bicyclic) bond motifs is 2. The first-order chi connectivity index (χ1) is 9.92. The summed E-state index contributed by atoms with van der Waals surface area (Å²) in [6.45, 7) is 4.97. The third-order valence-electron chi connectivity index (χ3n) is 4.26. The standard InChI is InChI=1S/C14H24N4O2S/c1-10(2)7-18-8-14(15-9-18)21(19,20)17-13-5-11-3-4-12(6-13)16-11/h8-13,16-17H,3-7H2,1-2H3. The van der Waals surface area contributed by atoms with Crippen molar-refractivity contribution < 1.29 is 8.42 Å². The molecule has 0 saturated carbocycles. The lowest BCUT2D eigenvalue weighted by Crippen LogP contribution is -2.47. The molecule has 0 spiro atoms. The summed E-state index contributed by atoms with van der Waals surface area (Å²) in [7, 11) is -3.50. The summed E-state index contributed by atoms with van der Waals surface area (Å²) < 4.78 is 29.5. The van der Waals surface area contributed by atoms with Crippen LogP contribution in [0.25, 0.3) is 0 Å². The fourth-order valence-electron chi connectivity index (χ4n) is 3.43. The SMILES string of the molecule is CC(C)Cn1cnc(S(=O)(=O)NC2CC3CCC(C2)N3)c1. The van der Waals surface area contributed by atoms with Gasteiger partial charge in [0.25, 0.3) is 10.0 Å². The maximum Gasteiger partial charge on any atom is 0.259 e. The smallest absolute Gasteiger partial charge is 0.259 e. The summed E-state index contributed by atoms with van der Waals surface area (Å²) in [6.07, 6.45) is 7.29. The van der Waals surface area contributed by atoms with Crippen molar-refractivity contribution in [3.63, 3.8) is 0 Å². The van der Waals surface area contributed by atoms with Crippen LogP contribution >= 0.6 is 0 Å². The zero-order valence-electron chi connectivity index (χ0n) is 12.6. The van der Waals surface area contributed by atoms with Gasteiger partial charge in [-0.15, -0.1) is 0 Å². The molecule has 2 saturated heterocycles. The molecule has 1 aromatic rings. The van der Waals surface area contributed by atoms with Crippen molar-refractivity contribution in [1.82, 2.24) is 19.6 Å². The second-order valence-electron chi connectivity index (χ2n) is 6.73. The highest BCUT2D eigenvalue weighted by Gasteiger charge is 2.35. The summed E-state index contributed by atoms with van der Waals surface area (Å²) >= 11 is 0. The molecule has 2 fully saturated rings. The largest absolute Gasteiger partial charge is 0.336 e. The van der Waals surface area contributed by atoms with E-state index in [1.807, 2.05) is 4.57 Å². The summed E-state index contributed by atoms with van der Waals surface area (Å²) in [6, 6.07) is 0.967. The van der Waals surface area contributed by atoms with E-state index in [9.17, 15) is 8.42 Å². The highest BCUT2D eigenvalue weighted by atomic mass is 32.2. The summed E-state index contributed by atoms with van der Waals surface area (Å²) in [5, 5.41) is 3.65. The minimum Gasteiger partial charge on any atom is -0.336 e. The fraction of sp³-hybridized carbons (Fsp3) is 0.786. The normalized spacial score (nSPS) is 29.2. The molecule has 2 unspecified atom stereocenters. The van der Waals surface area contributed by atoms with Gasteiger partial charge < -0.3 is 9.88 Å². The molecule has 1 aromatic heterocycles. The summed E-state index contributed by atoms with van der Waals surface area (Å²) in [4.78, 5) is 4.06. The van der Waals surface area contributed by atoms with E-state index in [2.05, 4.69) is 28.9 Å². The van der Waals surface area contributed by atoms with Gasteiger partial charge in [-0.2, -0.15) is 0 Å². The minimum absolute atomic E-state index is 0.0315. The lowest BCUT2D eigenvalue weighted by Gasteiger charge is -2.29. The Balaban J connectivity index is 1.67. The molecular formula is C14H24N4O2S. The second kappa shape index (κ2) is 5.70. The third-order valence-corrected chi connectivity index (χ3v) is 5.66. The highest BCUT2D eigenvalue weighted by molar-refractivity contribution is 7.89. The molecule has 118 valence electrons. The first kappa shape index (κ1) is 15.0. The second-order valence-corrected chi connectivity index (χ2v) is 8.39. The predicted octanol–water partition coefficient (Wildman–Crippen LogP) is 1.10. The van der Waals surface area contributed by atoms with Gasteiger partial charge >= 0.3 is 0 Å². The average Bonchev–Trinajstić information content (AvgIpc) is 2.96. The van der Waals surface area contributed by atoms with Crippen LogP contribution in [0.4, 0.5) is 0 Å². The maximum atomic E-state index is 12.4. The molecule has 2 atom stereocenters. The van der Waals surface area contributed by atoms with Crippen LogP contribution < -0.4 is 10.0 Å². The van der Waals surface area contributed by atoms with E-state index in [0.29, 0.717) is 18.0 Å². The average molecular weight is 312 g/mol. The van der Waals surface area contributed by atoms with Crippen LogP contribution in [0.5, 0.6) is 0 Å². The van der Waals surface area contributed by atoms with Crippen molar-refractivity contribution in [3.05, 3.63) is 12.5 Å². The third kappa shape index (κ3) is 3.46. The van der Waals surface area contributed by atoms with Crippen LogP contribution in [-0.2, 0) is 16.6 Å². The van der Waals surface area contributed by atoms with Crippen LogP contribution in [0, 0.1) is 5.92 Å². The zero-order valence-corrected chi connectivity index (χ0v) is 13.4. The van der Waals surface area contributed by atoms with Crippen molar-refractivity contribution in [1.29, 1.82) is 0 Å². The van der Waals surface area contributed by atoms with Gasteiger partial charge in [-0.25, -0.2) is 18.1 Å². The molecule has 6 nitrogen and oxygen atoms in total. The molecule has 2 aliphatic heterocycles. The van der Waals surface area contributed by atoms with Crippen molar-refractivity contribution in [2.75, 3.05) is 0 Å². The Morgan fingerprint density at radius 3 is 2.67 bits per heavy atom. The van der Waals surface area contributed by atoms with Crippen LogP contribution in [0.15, 0.2) is 17.6 Å². The number of rotatable bonds is 5. The Bertz CT molecular complexity index is 584. The number of nitrogens with one attached hydrogen (secondary N) is 2. The van der Waals surface area contributed by atoms with Gasteiger partial charge in [-0.1, -0.05) is 13.8 Å². The number of aromatic nitrogens is 2. The topological polar surface area (TPSA) is 76.0 Å².